The Bertz CT molecular complexity index is 734. The Morgan fingerprint density at radius 3 is 2.95 bits per heavy atom. The smallest absolute Gasteiger partial charge is 0.250 e. The number of rotatable bonds is 2. The summed E-state index contributed by atoms with van der Waals surface area (Å²) < 4.78 is 15.7. The Kier molecular flexibility index (Phi) is 3.82. The zero-order chi connectivity index (χ0) is 14.0. The third-order valence-corrected chi connectivity index (χ3v) is 3.64. The van der Waals surface area contributed by atoms with Gasteiger partial charge in [-0.15, -0.1) is 6.42 Å². The van der Waals surface area contributed by atoms with Crippen LogP contribution >= 0.6 is 11.3 Å². The van der Waals surface area contributed by atoms with Crippen molar-refractivity contribution in [1.29, 1.82) is 0 Å². The van der Waals surface area contributed by atoms with Crippen LogP contribution in [-0.2, 0) is 11.3 Å². The molecule has 0 radical (unpaired) electrons. The number of carbonyl (C=O) groups excluding carboxylic acids is 1. The summed E-state index contributed by atoms with van der Waals surface area (Å²) in [5.74, 6) is 1.82. The van der Waals surface area contributed by atoms with Gasteiger partial charge in [0.05, 0.1) is 16.8 Å². The molecule has 1 aromatic carbocycles. The molecule has 0 bridgehead atoms. The van der Waals surface area contributed by atoms with E-state index in [9.17, 15) is 9.18 Å². The van der Waals surface area contributed by atoms with Crippen LogP contribution in [0, 0.1) is 24.1 Å². The van der Waals surface area contributed by atoms with Gasteiger partial charge in [-0.2, -0.15) is 4.99 Å². The van der Waals surface area contributed by atoms with Crippen molar-refractivity contribution in [3.63, 3.8) is 0 Å². The predicted octanol–water partition coefficient (Wildman–Crippen LogP) is 2.56. The number of amides is 1. The summed E-state index contributed by atoms with van der Waals surface area (Å²) in [5.41, 5.74) is 0.791. The van der Waals surface area contributed by atoms with Gasteiger partial charge in [0.1, 0.15) is 5.82 Å². The maximum Gasteiger partial charge on any atom is 0.250 e. The van der Waals surface area contributed by atoms with Gasteiger partial charge in [0.15, 0.2) is 4.80 Å². The molecule has 0 saturated carbocycles. The van der Waals surface area contributed by atoms with Gasteiger partial charge in [-0.25, -0.2) is 4.39 Å². The molecule has 0 atom stereocenters. The molecule has 1 aromatic heterocycles. The number of hydrogen-bond donors (Lipinski definition) is 0. The van der Waals surface area contributed by atoms with Crippen LogP contribution in [0.3, 0.4) is 0 Å². The second kappa shape index (κ2) is 5.37. The number of fused-ring (bicyclic) bond motifs is 1. The highest BCUT2D eigenvalue weighted by Gasteiger charge is 2.09. The fourth-order valence-electron chi connectivity index (χ4n) is 1.60. The van der Waals surface area contributed by atoms with Crippen LogP contribution in [0.4, 0.5) is 4.39 Å². The van der Waals surface area contributed by atoms with E-state index in [4.69, 9.17) is 6.42 Å². The van der Waals surface area contributed by atoms with E-state index in [-0.39, 0.29) is 17.6 Å². The van der Waals surface area contributed by atoms with E-state index in [2.05, 4.69) is 10.9 Å². The van der Waals surface area contributed by atoms with Crippen LogP contribution in [0.5, 0.6) is 0 Å². The predicted molar refractivity (Wildman–Crippen MR) is 74.0 cm³/mol. The van der Waals surface area contributed by atoms with Gasteiger partial charge in [0.25, 0.3) is 5.91 Å². The largest absolute Gasteiger partial charge is 0.305 e. The number of carbonyl (C=O) groups is 1. The summed E-state index contributed by atoms with van der Waals surface area (Å²) in [5, 5.41) is 0. The molecular weight excluding hydrogens is 263 g/mol. The first-order valence-corrected chi connectivity index (χ1v) is 6.65. The molecule has 0 unspecified atom stereocenters. The maximum absolute atomic E-state index is 13.2. The lowest BCUT2D eigenvalue weighted by Gasteiger charge is -2.00. The van der Waals surface area contributed by atoms with Crippen molar-refractivity contribution in [2.75, 3.05) is 0 Å². The van der Waals surface area contributed by atoms with Gasteiger partial charge in [0.2, 0.25) is 0 Å². The monoisotopic (exact) mass is 276 g/mol. The number of aromatic nitrogens is 1. The van der Waals surface area contributed by atoms with Crippen molar-refractivity contribution >= 4 is 27.5 Å². The third-order valence-electron chi connectivity index (χ3n) is 2.59. The fraction of sp³-hybridized carbons (Fsp3) is 0.286. The first-order chi connectivity index (χ1) is 9.02. The summed E-state index contributed by atoms with van der Waals surface area (Å²) in [6, 6.07) is 4.44. The summed E-state index contributed by atoms with van der Waals surface area (Å²) in [6.45, 7) is 3.87. The van der Waals surface area contributed by atoms with Crippen LogP contribution in [0.25, 0.3) is 10.2 Å². The second-order valence-electron chi connectivity index (χ2n) is 4.39. The minimum atomic E-state index is -0.316. The van der Waals surface area contributed by atoms with Crippen molar-refractivity contribution in [3.8, 4) is 12.3 Å². The molecule has 1 heterocycles. The molecule has 1 amide bonds. The first-order valence-electron chi connectivity index (χ1n) is 5.84. The summed E-state index contributed by atoms with van der Waals surface area (Å²) >= 11 is 1.26. The van der Waals surface area contributed by atoms with E-state index in [0.29, 0.717) is 11.3 Å². The van der Waals surface area contributed by atoms with E-state index >= 15 is 0 Å². The van der Waals surface area contributed by atoms with E-state index in [0.717, 1.165) is 10.2 Å². The maximum atomic E-state index is 13.2. The topological polar surface area (TPSA) is 34.4 Å². The van der Waals surface area contributed by atoms with Gasteiger partial charge >= 0.3 is 0 Å². The molecule has 3 nitrogen and oxygen atoms in total. The molecule has 2 aromatic rings. The molecule has 0 spiro atoms. The molecule has 98 valence electrons. The van der Waals surface area contributed by atoms with Gasteiger partial charge in [-0.3, -0.25) is 4.79 Å². The standard InChI is InChI=1S/C14H13FN2OS/c1-4-7-17-11-6-5-10(15)8-12(11)19-14(17)16-13(18)9(2)3/h1,5-6,8-9H,7H2,2-3H3. The van der Waals surface area contributed by atoms with Gasteiger partial charge in [-0.05, 0) is 18.2 Å². The lowest BCUT2D eigenvalue weighted by atomic mass is 10.2. The van der Waals surface area contributed by atoms with Gasteiger partial charge < -0.3 is 4.57 Å². The Balaban J connectivity index is 2.70. The lowest BCUT2D eigenvalue weighted by molar-refractivity contribution is -0.120. The number of terminal acetylenes is 1. The van der Waals surface area contributed by atoms with Gasteiger partial charge in [0, 0.05) is 5.92 Å². The fourth-order valence-corrected chi connectivity index (χ4v) is 2.66. The number of benzene rings is 1. The lowest BCUT2D eigenvalue weighted by Crippen LogP contribution is -2.18. The Labute approximate surface area is 114 Å². The molecule has 5 heteroatoms. The quantitative estimate of drug-likeness (QED) is 0.776. The Hall–Kier alpha value is -1.93. The van der Waals surface area contributed by atoms with Crippen molar-refractivity contribution < 1.29 is 9.18 Å². The van der Waals surface area contributed by atoms with Crippen LogP contribution in [0.15, 0.2) is 23.2 Å². The Morgan fingerprint density at radius 2 is 2.32 bits per heavy atom. The highest BCUT2D eigenvalue weighted by molar-refractivity contribution is 7.16. The highest BCUT2D eigenvalue weighted by Crippen LogP contribution is 2.18. The number of nitrogens with zero attached hydrogens (tertiary/aromatic N) is 2. The zero-order valence-electron chi connectivity index (χ0n) is 10.7. The summed E-state index contributed by atoms with van der Waals surface area (Å²) in [4.78, 5) is 16.3. The molecular formula is C14H13FN2OS. The average Bonchev–Trinajstić information content (AvgIpc) is 2.67. The number of hydrogen-bond acceptors (Lipinski definition) is 2. The molecule has 2 rings (SSSR count). The van der Waals surface area contributed by atoms with Crippen molar-refractivity contribution in [3.05, 3.63) is 28.8 Å². The summed E-state index contributed by atoms with van der Waals surface area (Å²) in [7, 11) is 0. The minimum absolute atomic E-state index is 0.179. The molecule has 0 aliphatic carbocycles. The van der Waals surface area contributed by atoms with Gasteiger partial charge in [-0.1, -0.05) is 31.1 Å². The van der Waals surface area contributed by atoms with Crippen molar-refractivity contribution in [2.24, 2.45) is 10.9 Å². The van der Waals surface area contributed by atoms with Crippen molar-refractivity contribution in [2.45, 2.75) is 20.4 Å². The van der Waals surface area contributed by atoms with E-state index in [1.807, 2.05) is 0 Å². The molecule has 0 saturated heterocycles. The van der Waals surface area contributed by atoms with Crippen LogP contribution in [0.1, 0.15) is 13.8 Å². The molecule has 0 aliphatic rings. The van der Waals surface area contributed by atoms with Crippen LogP contribution < -0.4 is 4.80 Å². The molecule has 19 heavy (non-hydrogen) atoms. The zero-order valence-corrected chi connectivity index (χ0v) is 11.5. The van der Waals surface area contributed by atoms with E-state index in [1.54, 1.807) is 24.5 Å². The minimum Gasteiger partial charge on any atom is -0.305 e. The number of halogens is 1. The molecule has 0 N–H and O–H groups in total. The first kappa shape index (κ1) is 13.5. The molecule has 0 aliphatic heterocycles. The third kappa shape index (κ3) is 2.74. The van der Waals surface area contributed by atoms with E-state index in [1.165, 1.54) is 23.5 Å². The molecule has 0 fully saturated rings. The summed E-state index contributed by atoms with van der Waals surface area (Å²) in [6.07, 6.45) is 5.33. The van der Waals surface area contributed by atoms with Crippen LogP contribution in [-0.4, -0.2) is 10.5 Å². The Morgan fingerprint density at radius 1 is 1.58 bits per heavy atom. The van der Waals surface area contributed by atoms with Crippen molar-refractivity contribution in [1.82, 2.24) is 4.57 Å². The number of thiazole rings is 1. The average molecular weight is 276 g/mol. The van der Waals surface area contributed by atoms with Crippen LogP contribution in [0.2, 0.25) is 0 Å². The highest BCUT2D eigenvalue weighted by atomic mass is 32.1. The SMILES string of the molecule is C#CCn1c(=NC(=O)C(C)C)sc2cc(F)ccc21. The normalized spacial score (nSPS) is 12.1. The van der Waals surface area contributed by atoms with E-state index < -0.39 is 0 Å². The second-order valence-corrected chi connectivity index (χ2v) is 5.40.